The van der Waals surface area contributed by atoms with Crippen molar-refractivity contribution in [3.8, 4) is 5.75 Å². The van der Waals surface area contributed by atoms with E-state index in [2.05, 4.69) is 19.1 Å². The van der Waals surface area contributed by atoms with Crippen molar-refractivity contribution in [2.24, 2.45) is 11.7 Å². The van der Waals surface area contributed by atoms with Gasteiger partial charge in [0.05, 0.1) is 5.69 Å². The fraction of sp³-hybridized carbons (Fsp3) is 0.316. The normalized spacial score (nSPS) is 13.4. The Morgan fingerprint density at radius 2 is 2.00 bits per heavy atom. The topological polar surface area (TPSA) is 93.6 Å². The van der Waals surface area contributed by atoms with E-state index in [9.17, 15) is 4.79 Å². The average Bonchev–Trinajstić information content (AvgIpc) is 3.45. The SMILES string of the molecule is Cc1cc(C2CC2)ccc1OCc1c(C)cccc1N(N)C(=O)NN. The van der Waals surface area contributed by atoms with Crippen LogP contribution in [0.3, 0.4) is 0 Å². The Bertz CT molecular complexity index is 787. The summed E-state index contributed by atoms with van der Waals surface area (Å²) in [6.07, 6.45) is 2.56. The van der Waals surface area contributed by atoms with Crippen molar-refractivity contribution in [3.63, 3.8) is 0 Å². The summed E-state index contributed by atoms with van der Waals surface area (Å²) in [5, 5.41) is 0.995. The second-order valence-corrected chi connectivity index (χ2v) is 6.48. The maximum absolute atomic E-state index is 11.7. The number of ether oxygens (including phenoxy) is 1. The Morgan fingerprint density at radius 1 is 1.24 bits per heavy atom. The molecule has 0 radical (unpaired) electrons. The first-order chi connectivity index (χ1) is 12.0. The van der Waals surface area contributed by atoms with Crippen LogP contribution in [0.1, 0.15) is 41.0 Å². The van der Waals surface area contributed by atoms with Crippen molar-refractivity contribution < 1.29 is 9.53 Å². The lowest BCUT2D eigenvalue weighted by molar-refractivity contribution is 0.246. The van der Waals surface area contributed by atoms with Crippen LogP contribution in [0.5, 0.6) is 5.75 Å². The largest absolute Gasteiger partial charge is 0.489 e. The summed E-state index contributed by atoms with van der Waals surface area (Å²) in [7, 11) is 0. The van der Waals surface area contributed by atoms with E-state index in [0.29, 0.717) is 12.3 Å². The summed E-state index contributed by atoms with van der Waals surface area (Å²) in [5.41, 5.74) is 6.94. The molecule has 0 saturated heterocycles. The van der Waals surface area contributed by atoms with Crippen LogP contribution >= 0.6 is 0 Å². The molecule has 132 valence electrons. The summed E-state index contributed by atoms with van der Waals surface area (Å²) in [4.78, 5) is 11.7. The van der Waals surface area contributed by atoms with E-state index < -0.39 is 6.03 Å². The highest BCUT2D eigenvalue weighted by molar-refractivity contribution is 5.91. The number of hydrogen-bond donors (Lipinski definition) is 3. The maximum atomic E-state index is 11.7. The monoisotopic (exact) mass is 340 g/mol. The number of urea groups is 1. The third-order valence-corrected chi connectivity index (χ3v) is 4.61. The number of rotatable bonds is 5. The number of amides is 2. The highest BCUT2D eigenvalue weighted by Gasteiger charge is 2.24. The molecule has 1 aliphatic carbocycles. The molecule has 0 unspecified atom stereocenters. The zero-order chi connectivity index (χ0) is 18.0. The molecule has 0 aromatic heterocycles. The van der Waals surface area contributed by atoms with Crippen LogP contribution in [0.2, 0.25) is 0 Å². The Labute approximate surface area is 147 Å². The van der Waals surface area contributed by atoms with E-state index in [-0.39, 0.29) is 0 Å². The first-order valence-corrected chi connectivity index (χ1v) is 8.38. The molecule has 2 aromatic carbocycles. The number of nitrogens with two attached hydrogens (primary N) is 2. The van der Waals surface area contributed by atoms with Gasteiger partial charge in [0.25, 0.3) is 0 Å². The molecule has 1 fully saturated rings. The number of carbonyl (C=O) groups excluding carboxylic acids is 1. The van der Waals surface area contributed by atoms with Crippen LogP contribution in [0, 0.1) is 13.8 Å². The van der Waals surface area contributed by atoms with Gasteiger partial charge in [0.1, 0.15) is 12.4 Å². The highest BCUT2D eigenvalue weighted by Crippen LogP contribution is 2.41. The van der Waals surface area contributed by atoms with Crippen molar-refractivity contribution >= 4 is 11.7 Å². The van der Waals surface area contributed by atoms with Crippen LogP contribution < -0.4 is 26.9 Å². The molecule has 2 amide bonds. The van der Waals surface area contributed by atoms with E-state index >= 15 is 0 Å². The summed E-state index contributed by atoms with van der Waals surface area (Å²) in [5.74, 6) is 12.6. The molecule has 0 spiro atoms. The van der Waals surface area contributed by atoms with E-state index in [4.69, 9.17) is 16.4 Å². The minimum atomic E-state index is -0.586. The third-order valence-electron chi connectivity index (χ3n) is 4.61. The van der Waals surface area contributed by atoms with Crippen LogP contribution in [-0.4, -0.2) is 6.03 Å². The number of anilines is 1. The smallest absolute Gasteiger partial charge is 0.350 e. The molecule has 0 heterocycles. The Balaban J connectivity index is 1.80. The number of hydrazine groups is 2. The quantitative estimate of drug-likeness (QED) is 0.443. The summed E-state index contributed by atoms with van der Waals surface area (Å²) in [6.45, 7) is 4.33. The average molecular weight is 340 g/mol. The molecule has 0 aliphatic heterocycles. The zero-order valence-electron chi connectivity index (χ0n) is 14.6. The molecule has 0 atom stereocenters. The van der Waals surface area contributed by atoms with Crippen molar-refractivity contribution in [3.05, 3.63) is 58.7 Å². The van der Waals surface area contributed by atoms with Crippen LogP contribution in [-0.2, 0) is 6.61 Å². The van der Waals surface area contributed by atoms with Gasteiger partial charge in [-0.3, -0.25) is 5.43 Å². The van der Waals surface area contributed by atoms with Gasteiger partial charge in [-0.2, -0.15) is 0 Å². The number of nitrogens with zero attached hydrogens (tertiary/aromatic N) is 1. The molecule has 6 nitrogen and oxygen atoms in total. The fourth-order valence-corrected chi connectivity index (χ4v) is 2.93. The van der Waals surface area contributed by atoms with Crippen molar-refractivity contribution in [1.29, 1.82) is 0 Å². The predicted molar refractivity (Wildman–Crippen MR) is 98.1 cm³/mol. The molecule has 25 heavy (non-hydrogen) atoms. The molecule has 1 aliphatic rings. The van der Waals surface area contributed by atoms with E-state index in [1.165, 1.54) is 18.4 Å². The van der Waals surface area contributed by atoms with Gasteiger partial charge >= 0.3 is 6.03 Å². The van der Waals surface area contributed by atoms with Gasteiger partial charge in [0.2, 0.25) is 0 Å². The van der Waals surface area contributed by atoms with Crippen molar-refractivity contribution in [1.82, 2.24) is 5.43 Å². The lowest BCUT2D eigenvalue weighted by atomic mass is 10.1. The number of carbonyl (C=O) groups is 1. The maximum Gasteiger partial charge on any atom is 0.350 e. The van der Waals surface area contributed by atoms with Gasteiger partial charge in [0.15, 0.2) is 0 Å². The number of benzene rings is 2. The van der Waals surface area contributed by atoms with Crippen LogP contribution in [0.15, 0.2) is 36.4 Å². The number of nitrogens with one attached hydrogen (secondary N) is 1. The number of aryl methyl sites for hydroxylation is 2. The molecule has 3 rings (SSSR count). The van der Waals surface area contributed by atoms with Gasteiger partial charge in [-0.15, -0.1) is 0 Å². The van der Waals surface area contributed by atoms with E-state index in [0.717, 1.165) is 33.4 Å². The zero-order valence-corrected chi connectivity index (χ0v) is 14.6. The first kappa shape index (κ1) is 17.3. The molecule has 0 bridgehead atoms. The standard InChI is InChI=1S/C19H24N4O2/c1-12-4-3-5-17(23(21)19(24)22-20)16(12)11-25-18-9-8-15(10-13(18)2)14-6-7-14/h3-5,8-10,14H,6-7,11,20-21H2,1-2H3,(H,22,24). The third kappa shape index (κ3) is 3.75. The lowest BCUT2D eigenvalue weighted by Crippen LogP contribution is -2.48. The molecule has 2 aromatic rings. The second-order valence-electron chi connectivity index (χ2n) is 6.48. The van der Waals surface area contributed by atoms with Crippen LogP contribution in [0.25, 0.3) is 0 Å². The van der Waals surface area contributed by atoms with E-state index in [1.54, 1.807) is 6.07 Å². The molecular weight excluding hydrogens is 316 g/mol. The molecule has 1 saturated carbocycles. The number of hydrogen-bond acceptors (Lipinski definition) is 4. The lowest BCUT2D eigenvalue weighted by Gasteiger charge is -2.21. The minimum Gasteiger partial charge on any atom is -0.489 e. The second kappa shape index (κ2) is 7.13. The Kier molecular flexibility index (Phi) is 4.92. The van der Waals surface area contributed by atoms with Gasteiger partial charge in [0, 0.05) is 5.56 Å². The Hall–Kier alpha value is -2.57. The minimum absolute atomic E-state index is 0.317. The van der Waals surface area contributed by atoms with Gasteiger partial charge in [-0.05, 0) is 61.4 Å². The molecule has 5 N–H and O–H groups in total. The molecule has 6 heteroatoms. The van der Waals surface area contributed by atoms with Gasteiger partial charge in [-0.25, -0.2) is 21.5 Å². The van der Waals surface area contributed by atoms with Gasteiger partial charge in [-0.1, -0.05) is 24.3 Å². The van der Waals surface area contributed by atoms with Gasteiger partial charge < -0.3 is 4.74 Å². The summed E-state index contributed by atoms with van der Waals surface area (Å²) in [6, 6.07) is 11.3. The predicted octanol–water partition coefficient (Wildman–Crippen LogP) is 3.02. The fourth-order valence-electron chi connectivity index (χ4n) is 2.93. The first-order valence-electron chi connectivity index (χ1n) is 8.38. The molecular formula is C19H24N4O2. The Morgan fingerprint density at radius 3 is 2.64 bits per heavy atom. The summed E-state index contributed by atoms with van der Waals surface area (Å²) >= 11 is 0. The van der Waals surface area contributed by atoms with Crippen LogP contribution in [0.4, 0.5) is 10.5 Å². The summed E-state index contributed by atoms with van der Waals surface area (Å²) < 4.78 is 6.02. The van der Waals surface area contributed by atoms with Crippen molar-refractivity contribution in [2.45, 2.75) is 39.2 Å². The highest BCUT2D eigenvalue weighted by atomic mass is 16.5. The van der Waals surface area contributed by atoms with E-state index in [1.807, 2.05) is 30.5 Å². The van der Waals surface area contributed by atoms with Crippen molar-refractivity contribution in [2.75, 3.05) is 5.01 Å².